The molecule has 0 aromatic heterocycles. The molecule has 0 nitrogen and oxygen atoms in total. The van der Waals surface area contributed by atoms with Crippen molar-refractivity contribution >= 4 is 11.1 Å². The Hall–Kier alpha value is -4.94. The maximum atomic E-state index is 2.55. The van der Waals surface area contributed by atoms with Crippen molar-refractivity contribution in [2.24, 2.45) is 35.5 Å². The van der Waals surface area contributed by atoms with Crippen molar-refractivity contribution in [2.45, 2.75) is 64.2 Å². The minimum Gasteiger partial charge on any atom is -0.0842 e. The third kappa shape index (κ3) is 5.31. The molecule has 6 atom stereocenters. The lowest BCUT2D eigenvalue weighted by atomic mass is 9.58. The first-order valence-electron chi connectivity index (χ1n) is 21.0. The molecule has 0 bridgehead atoms. The molecular formula is C54H50. The van der Waals surface area contributed by atoms with Gasteiger partial charge >= 0.3 is 0 Å². The molecule has 0 heterocycles. The van der Waals surface area contributed by atoms with Gasteiger partial charge < -0.3 is 0 Å². The Balaban J connectivity index is 1.03. The van der Waals surface area contributed by atoms with Crippen molar-refractivity contribution in [1.29, 1.82) is 0 Å². The summed E-state index contributed by atoms with van der Waals surface area (Å²) in [6, 6.07) is 9.49. The second kappa shape index (κ2) is 13.4. The van der Waals surface area contributed by atoms with Gasteiger partial charge in [-0.3, -0.25) is 0 Å². The average Bonchev–Trinajstić information content (AvgIpc) is 3.24. The summed E-state index contributed by atoms with van der Waals surface area (Å²) in [7, 11) is 0. The molecule has 6 unspecified atom stereocenters. The first-order chi connectivity index (χ1) is 26.8. The highest BCUT2D eigenvalue weighted by Crippen LogP contribution is 2.56. The van der Waals surface area contributed by atoms with Gasteiger partial charge in [0.05, 0.1) is 0 Å². The number of fused-ring (bicyclic) bond motifs is 3. The van der Waals surface area contributed by atoms with Crippen LogP contribution in [-0.2, 0) is 0 Å². The lowest BCUT2D eigenvalue weighted by Crippen LogP contribution is -2.42. The maximum absolute atomic E-state index is 2.55. The van der Waals surface area contributed by atoms with Gasteiger partial charge in [-0.05, 0) is 147 Å². The SMILES string of the molecule is C1=CCCC(C2=CC=C(C=CC3=CC=C(C4=c5ccccc5=C(C5=C6CCC7CCC=C8C=CC(=C6C87)CC5)C5C=CC=CC45)C4C=CC=CC34)CC2)=C1. The standard InChI is InChI=1S/C54H50/c1-2-11-36(12-3-1)37-24-21-35(22-25-37)23-26-38-29-32-48(43-16-5-4-15-42(38)43)53-44-17-6-8-19-46(44)54(47-20-9-7-18-45(47)53)50-34-31-41-28-27-39-13-10-14-40-30-33-49(50)52(41)51(39)40/h1-2,4-9,11,13,15-21,23-24,26-29,32,40,42-44,46,51H,3,10,12,14,22,25,30-31,33-34H2. The molecule has 0 amide bonds. The van der Waals surface area contributed by atoms with Gasteiger partial charge in [-0.1, -0.05) is 146 Å². The normalized spacial score (nSPS) is 31.6. The molecule has 0 heteroatoms. The Labute approximate surface area is 321 Å². The predicted octanol–water partition coefficient (Wildman–Crippen LogP) is 11.8. The summed E-state index contributed by atoms with van der Waals surface area (Å²) < 4.78 is 0. The van der Waals surface area contributed by atoms with E-state index < -0.39 is 0 Å². The quantitative estimate of drug-likeness (QED) is 0.287. The summed E-state index contributed by atoms with van der Waals surface area (Å²) >= 11 is 0. The Morgan fingerprint density at radius 2 is 1.31 bits per heavy atom. The van der Waals surface area contributed by atoms with Crippen molar-refractivity contribution in [3.8, 4) is 0 Å². The lowest BCUT2D eigenvalue weighted by molar-refractivity contribution is 0.330. The molecule has 1 aromatic rings. The van der Waals surface area contributed by atoms with Gasteiger partial charge in [0.1, 0.15) is 0 Å². The van der Waals surface area contributed by atoms with Crippen molar-refractivity contribution in [1.82, 2.24) is 0 Å². The minimum atomic E-state index is 0.326. The Kier molecular flexibility index (Phi) is 8.07. The number of hydrogen-bond donors (Lipinski definition) is 0. The highest BCUT2D eigenvalue weighted by Gasteiger charge is 2.43. The summed E-state index contributed by atoms with van der Waals surface area (Å²) in [4.78, 5) is 0. The van der Waals surface area contributed by atoms with Crippen LogP contribution in [0, 0.1) is 35.5 Å². The minimum absolute atomic E-state index is 0.326. The number of rotatable bonds is 5. The molecule has 1 saturated carbocycles. The summed E-state index contributed by atoms with van der Waals surface area (Å²) in [6.07, 6.45) is 60.2. The van der Waals surface area contributed by atoms with Crippen LogP contribution >= 0.6 is 0 Å². The van der Waals surface area contributed by atoms with Crippen LogP contribution in [0.5, 0.6) is 0 Å². The molecule has 1 aromatic carbocycles. The molecule has 0 saturated heterocycles. The van der Waals surface area contributed by atoms with Crippen LogP contribution in [-0.4, -0.2) is 0 Å². The van der Waals surface area contributed by atoms with Crippen molar-refractivity contribution in [3.05, 3.63) is 212 Å². The van der Waals surface area contributed by atoms with E-state index in [0.29, 0.717) is 29.6 Å². The fraction of sp³-hybridized carbons (Fsp3) is 0.296. The van der Waals surface area contributed by atoms with Gasteiger partial charge in [-0.25, -0.2) is 0 Å². The van der Waals surface area contributed by atoms with Gasteiger partial charge in [0.2, 0.25) is 0 Å². The van der Waals surface area contributed by atoms with Gasteiger partial charge in [0.15, 0.2) is 0 Å². The summed E-state index contributed by atoms with van der Waals surface area (Å²) in [5, 5.41) is 2.93. The zero-order valence-corrected chi connectivity index (χ0v) is 31.4. The van der Waals surface area contributed by atoms with Crippen LogP contribution in [0.15, 0.2) is 202 Å². The molecule has 0 aliphatic heterocycles. The van der Waals surface area contributed by atoms with Gasteiger partial charge in [-0.15, -0.1) is 0 Å². The van der Waals surface area contributed by atoms with Gasteiger partial charge in [-0.2, -0.15) is 0 Å². The molecule has 54 heavy (non-hydrogen) atoms. The molecule has 11 rings (SSSR count). The van der Waals surface area contributed by atoms with E-state index in [1.54, 1.807) is 33.4 Å². The lowest BCUT2D eigenvalue weighted by Gasteiger charge is -2.46. The van der Waals surface area contributed by atoms with Gasteiger partial charge in [0.25, 0.3) is 0 Å². The second-order valence-electron chi connectivity index (χ2n) is 17.0. The predicted molar refractivity (Wildman–Crippen MR) is 226 cm³/mol. The third-order valence-corrected chi connectivity index (χ3v) is 14.4. The molecule has 0 radical (unpaired) electrons. The molecule has 10 aliphatic carbocycles. The van der Waals surface area contributed by atoms with E-state index >= 15 is 0 Å². The largest absolute Gasteiger partial charge is 0.0842 e. The van der Waals surface area contributed by atoms with Gasteiger partial charge in [0, 0.05) is 29.6 Å². The number of allylic oxidation sites excluding steroid dienone is 30. The van der Waals surface area contributed by atoms with Crippen LogP contribution in [0.1, 0.15) is 64.2 Å². The first-order valence-corrected chi connectivity index (χ1v) is 21.0. The van der Waals surface area contributed by atoms with Crippen LogP contribution in [0.2, 0.25) is 0 Å². The zero-order valence-electron chi connectivity index (χ0n) is 31.4. The van der Waals surface area contributed by atoms with E-state index in [4.69, 9.17) is 0 Å². The smallest absolute Gasteiger partial charge is 0.0134 e. The fourth-order valence-electron chi connectivity index (χ4n) is 11.9. The van der Waals surface area contributed by atoms with Crippen LogP contribution < -0.4 is 10.4 Å². The Bertz CT molecular complexity index is 2450. The van der Waals surface area contributed by atoms with E-state index in [2.05, 4.69) is 146 Å². The second-order valence-corrected chi connectivity index (χ2v) is 17.0. The highest BCUT2D eigenvalue weighted by atomic mass is 14.5. The molecular weight excluding hydrogens is 649 g/mol. The molecule has 0 spiro atoms. The van der Waals surface area contributed by atoms with Crippen LogP contribution in [0.3, 0.4) is 0 Å². The molecule has 266 valence electrons. The van der Waals surface area contributed by atoms with E-state index in [-0.39, 0.29) is 0 Å². The average molecular weight is 699 g/mol. The first kappa shape index (κ1) is 32.5. The molecule has 1 fully saturated rings. The maximum Gasteiger partial charge on any atom is 0.0134 e. The summed E-state index contributed by atoms with van der Waals surface area (Å²) in [6.45, 7) is 0. The van der Waals surface area contributed by atoms with Crippen molar-refractivity contribution < 1.29 is 0 Å². The number of benzene rings is 1. The fourth-order valence-corrected chi connectivity index (χ4v) is 11.9. The van der Waals surface area contributed by atoms with E-state index in [9.17, 15) is 0 Å². The molecule has 10 aliphatic rings. The summed E-state index contributed by atoms with van der Waals surface area (Å²) in [5.74, 6) is 2.80. The topological polar surface area (TPSA) is 0 Å². The van der Waals surface area contributed by atoms with Crippen molar-refractivity contribution in [2.75, 3.05) is 0 Å². The van der Waals surface area contributed by atoms with E-state index in [1.165, 1.54) is 88.8 Å². The Morgan fingerprint density at radius 3 is 2.13 bits per heavy atom. The van der Waals surface area contributed by atoms with E-state index in [0.717, 1.165) is 25.2 Å². The molecule has 0 N–H and O–H groups in total. The van der Waals surface area contributed by atoms with Crippen LogP contribution in [0.4, 0.5) is 0 Å². The van der Waals surface area contributed by atoms with Crippen LogP contribution in [0.25, 0.3) is 11.1 Å². The monoisotopic (exact) mass is 698 g/mol. The highest BCUT2D eigenvalue weighted by molar-refractivity contribution is 5.83. The Morgan fingerprint density at radius 1 is 0.537 bits per heavy atom. The zero-order chi connectivity index (χ0) is 35.6. The van der Waals surface area contributed by atoms with Crippen molar-refractivity contribution in [3.63, 3.8) is 0 Å². The third-order valence-electron chi connectivity index (χ3n) is 14.4. The number of hydrogen-bond acceptors (Lipinski definition) is 0. The van der Waals surface area contributed by atoms with E-state index in [1.807, 2.05) is 0 Å². The summed E-state index contributed by atoms with van der Waals surface area (Å²) in [5.41, 5.74) is 18.9.